The van der Waals surface area contributed by atoms with Gasteiger partial charge in [-0.3, -0.25) is 4.40 Å². The fraction of sp³-hybridized carbons (Fsp3) is 0.174. The molecule has 4 aromatic rings. The first-order valence-corrected chi connectivity index (χ1v) is 9.16. The molecule has 0 aliphatic rings. The Kier molecular flexibility index (Phi) is 5.17. The molecule has 2 aromatic heterocycles. The number of benzene rings is 2. The summed E-state index contributed by atoms with van der Waals surface area (Å²) < 4.78 is 8.02. The molecule has 0 bridgehead atoms. The number of imidazole rings is 1. The molecule has 0 saturated carbocycles. The molecular weight excluding hydrogens is 334 g/mol. The van der Waals surface area contributed by atoms with Crippen LogP contribution in [0.25, 0.3) is 5.65 Å². The van der Waals surface area contributed by atoms with Gasteiger partial charge in [-0.15, -0.1) is 0 Å². The van der Waals surface area contributed by atoms with E-state index in [0.29, 0.717) is 13.2 Å². The van der Waals surface area contributed by atoms with E-state index in [9.17, 15) is 0 Å². The van der Waals surface area contributed by atoms with Gasteiger partial charge in [0.05, 0.1) is 31.6 Å². The van der Waals surface area contributed by atoms with Gasteiger partial charge in [-0.2, -0.15) is 0 Å². The maximum absolute atomic E-state index is 5.84. The maximum Gasteiger partial charge on any atom is 0.137 e. The lowest BCUT2D eigenvalue weighted by Gasteiger charge is -2.10. The smallest absolute Gasteiger partial charge is 0.137 e. The van der Waals surface area contributed by atoms with E-state index in [0.717, 1.165) is 29.1 Å². The molecule has 0 unspecified atom stereocenters. The summed E-state index contributed by atoms with van der Waals surface area (Å²) in [5, 5.41) is 3.50. The molecule has 0 saturated heterocycles. The van der Waals surface area contributed by atoms with Gasteiger partial charge in [0.25, 0.3) is 0 Å². The van der Waals surface area contributed by atoms with Crippen molar-refractivity contribution in [3.05, 3.63) is 102 Å². The molecule has 0 fully saturated rings. The van der Waals surface area contributed by atoms with Crippen molar-refractivity contribution in [2.75, 3.05) is 5.32 Å². The minimum absolute atomic E-state index is 0.596. The fourth-order valence-corrected chi connectivity index (χ4v) is 3.23. The van der Waals surface area contributed by atoms with Crippen molar-refractivity contribution in [2.24, 2.45) is 0 Å². The molecule has 2 aromatic carbocycles. The van der Waals surface area contributed by atoms with Crippen molar-refractivity contribution in [3.8, 4) is 0 Å². The van der Waals surface area contributed by atoms with Crippen LogP contribution in [-0.2, 0) is 24.5 Å². The lowest BCUT2D eigenvalue weighted by atomic mass is 10.2. The zero-order valence-corrected chi connectivity index (χ0v) is 15.4. The molecule has 2 heterocycles. The Hall–Kier alpha value is -3.11. The predicted octanol–water partition coefficient (Wildman–Crippen LogP) is 4.97. The standard InChI is InChI=1S/C23H23N3O/c1-18-7-5-12-23-25-15-22(26(18)23)14-24-21-11-6-10-20(13-21)17-27-16-19-8-3-2-4-9-19/h2-13,15,24H,14,16-17H2,1H3. The summed E-state index contributed by atoms with van der Waals surface area (Å²) >= 11 is 0. The minimum atomic E-state index is 0.596. The Bertz CT molecular complexity index is 1020. The average molecular weight is 357 g/mol. The number of aryl methyl sites for hydroxylation is 1. The molecule has 136 valence electrons. The van der Waals surface area contributed by atoms with Crippen LogP contribution < -0.4 is 5.32 Å². The van der Waals surface area contributed by atoms with Crippen LogP contribution in [0.4, 0.5) is 5.69 Å². The number of aromatic nitrogens is 2. The van der Waals surface area contributed by atoms with Gasteiger partial charge in [-0.1, -0.05) is 48.5 Å². The molecular formula is C23H23N3O. The predicted molar refractivity (Wildman–Crippen MR) is 109 cm³/mol. The number of pyridine rings is 1. The molecule has 0 radical (unpaired) electrons. The summed E-state index contributed by atoms with van der Waals surface area (Å²) in [5.41, 5.74) is 6.74. The van der Waals surface area contributed by atoms with Crippen LogP contribution in [0.1, 0.15) is 22.5 Å². The molecule has 4 nitrogen and oxygen atoms in total. The van der Waals surface area contributed by atoms with Crippen LogP contribution in [0.2, 0.25) is 0 Å². The number of hydrogen-bond acceptors (Lipinski definition) is 3. The maximum atomic E-state index is 5.84. The summed E-state index contributed by atoms with van der Waals surface area (Å²) in [6, 6.07) is 24.8. The topological polar surface area (TPSA) is 38.6 Å². The molecule has 0 aliphatic carbocycles. The highest BCUT2D eigenvalue weighted by Gasteiger charge is 2.05. The van der Waals surface area contributed by atoms with E-state index in [1.807, 2.05) is 36.5 Å². The number of ether oxygens (including phenoxy) is 1. The summed E-state index contributed by atoms with van der Waals surface area (Å²) in [6.07, 6.45) is 1.93. The lowest BCUT2D eigenvalue weighted by Crippen LogP contribution is -2.04. The highest BCUT2D eigenvalue weighted by Crippen LogP contribution is 2.16. The molecule has 1 N–H and O–H groups in total. The average Bonchev–Trinajstić information content (AvgIpc) is 3.12. The molecule has 0 amide bonds. The number of rotatable bonds is 7. The molecule has 0 spiro atoms. The van der Waals surface area contributed by atoms with Gasteiger partial charge < -0.3 is 10.1 Å². The van der Waals surface area contributed by atoms with Gasteiger partial charge in [0.15, 0.2) is 0 Å². The molecule has 0 aliphatic heterocycles. The number of nitrogens with one attached hydrogen (secondary N) is 1. The normalized spacial score (nSPS) is 11.0. The second-order valence-corrected chi connectivity index (χ2v) is 6.64. The zero-order chi connectivity index (χ0) is 18.5. The second kappa shape index (κ2) is 8.06. The van der Waals surface area contributed by atoms with E-state index in [1.165, 1.54) is 11.3 Å². The van der Waals surface area contributed by atoms with Crippen molar-refractivity contribution < 1.29 is 4.74 Å². The van der Waals surface area contributed by atoms with Gasteiger partial charge in [0, 0.05) is 11.4 Å². The first-order chi connectivity index (χ1) is 13.3. The number of hydrogen-bond donors (Lipinski definition) is 1. The largest absolute Gasteiger partial charge is 0.379 e. The Balaban J connectivity index is 1.37. The highest BCUT2D eigenvalue weighted by molar-refractivity contribution is 5.47. The molecule has 0 atom stereocenters. The van der Waals surface area contributed by atoms with E-state index in [-0.39, 0.29) is 0 Å². The van der Waals surface area contributed by atoms with Gasteiger partial charge in [0.2, 0.25) is 0 Å². The number of anilines is 1. The number of fused-ring (bicyclic) bond motifs is 1. The van der Waals surface area contributed by atoms with Crippen LogP contribution in [0.5, 0.6) is 0 Å². The van der Waals surface area contributed by atoms with Crippen LogP contribution in [0.15, 0.2) is 79.0 Å². The quantitative estimate of drug-likeness (QED) is 0.507. The summed E-state index contributed by atoms with van der Waals surface area (Å²) in [6.45, 7) is 4.04. The van der Waals surface area contributed by atoms with E-state index >= 15 is 0 Å². The second-order valence-electron chi connectivity index (χ2n) is 6.64. The molecule has 4 rings (SSSR count). The molecule has 4 heteroatoms. The Labute approximate surface area is 159 Å². The first-order valence-electron chi connectivity index (χ1n) is 9.16. The van der Waals surface area contributed by atoms with Crippen LogP contribution in [0.3, 0.4) is 0 Å². The third kappa shape index (κ3) is 4.18. The third-order valence-electron chi connectivity index (χ3n) is 4.58. The van der Waals surface area contributed by atoms with Crippen LogP contribution >= 0.6 is 0 Å². The monoisotopic (exact) mass is 357 g/mol. The number of nitrogens with zero attached hydrogens (tertiary/aromatic N) is 2. The van der Waals surface area contributed by atoms with Gasteiger partial charge in [-0.25, -0.2) is 4.98 Å². The Morgan fingerprint density at radius 2 is 1.67 bits per heavy atom. The van der Waals surface area contributed by atoms with Crippen molar-refractivity contribution in [1.29, 1.82) is 0 Å². The van der Waals surface area contributed by atoms with Crippen molar-refractivity contribution in [1.82, 2.24) is 9.38 Å². The Morgan fingerprint density at radius 3 is 2.56 bits per heavy atom. The zero-order valence-electron chi connectivity index (χ0n) is 15.4. The van der Waals surface area contributed by atoms with Crippen LogP contribution in [0, 0.1) is 6.92 Å². The summed E-state index contributed by atoms with van der Waals surface area (Å²) in [4.78, 5) is 4.48. The van der Waals surface area contributed by atoms with E-state index in [4.69, 9.17) is 4.74 Å². The van der Waals surface area contributed by atoms with Crippen LogP contribution in [-0.4, -0.2) is 9.38 Å². The van der Waals surface area contributed by atoms with Crippen molar-refractivity contribution in [2.45, 2.75) is 26.7 Å². The third-order valence-corrected chi connectivity index (χ3v) is 4.58. The van der Waals surface area contributed by atoms with E-state index in [2.05, 4.69) is 64.1 Å². The highest BCUT2D eigenvalue weighted by atomic mass is 16.5. The van der Waals surface area contributed by atoms with Crippen molar-refractivity contribution >= 4 is 11.3 Å². The van der Waals surface area contributed by atoms with Crippen molar-refractivity contribution in [3.63, 3.8) is 0 Å². The lowest BCUT2D eigenvalue weighted by molar-refractivity contribution is 0.107. The fourth-order valence-electron chi connectivity index (χ4n) is 3.23. The SMILES string of the molecule is Cc1cccc2ncc(CNc3cccc(COCc4ccccc4)c3)n12. The Morgan fingerprint density at radius 1 is 0.889 bits per heavy atom. The van der Waals surface area contributed by atoms with E-state index in [1.54, 1.807) is 0 Å². The first kappa shape index (κ1) is 17.3. The van der Waals surface area contributed by atoms with Gasteiger partial charge >= 0.3 is 0 Å². The minimum Gasteiger partial charge on any atom is -0.379 e. The summed E-state index contributed by atoms with van der Waals surface area (Å²) in [5.74, 6) is 0. The summed E-state index contributed by atoms with van der Waals surface area (Å²) in [7, 11) is 0. The van der Waals surface area contributed by atoms with E-state index < -0.39 is 0 Å². The van der Waals surface area contributed by atoms with Gasteiger partial charge in [-0.05, 0) is 42.3 Å². The van der Waals surface area contributed by atoms with Gasteiger partial charge in [0.1, 0.15) is 5.65 Å². The molecule has 27 heavy (non-hydrogen) atoms.